The normalized spacial score (nSPS) is 10.2. The van der Waals surface area contributed by atoms with Crippen LogP contribution in [0.2, 0.25) is 0 Å². The van der Waals surface area contributed by atoms with Gasteiger partial charge in [0.05, 0.1) is 11.1 Å². The minimum atomic E-state index is -1.15. The standard InChI is InChI=1S/C10H8Br2O4/c1-4-2-5(9(13)14)8(12)7(10(15)16)6(4)3-11/h2H,3H2,1H3,(H,13,14)(H,15,16). The van der Waals surface area contributed by atoms with Gasteiger partial charge in [-0.15, -0.1) is 0 Å². The van der Waals surface area contributed by atoms with Crippen molar-refractivity contribution < 1.29 is 19.8 Å². The first-order valence-electron chi connectivity index (χ1n) is 4.24. The van der Waals surface area contributed by atoms with Crippen molar-refractivity contribution in [2.45, 2.75) is 12.3 Å². The topological polar surface area (TPSA) is 74.6 Å². The average molecular weight is 352 g/mol. The minimum absolute atomic E-state index is 0.00530. The number of hydrogen-bond donors (Lipinski definition) is 2. The second-order valence-corrected chi connectivity index (χ2v) is 4.51. The summed E-state index contributed by atoms with van der Waals surface area (Å²) in [6.45, 7) is 1.68. The van der Waals surface area contributed by atoms with Crippen molar-refractivity contribution >= 4 is 43.8 Å². The van der Waals surface area contributed by atoms with Gasteiger partial charge >= 0.3 is 11.9 Å². The number of benzene rings is 1. The van der Waals surface area contributed by atoms with Gasteiger partial charge in [-0.2, -0.15) is 0 Å². The van der Waals surface area contributed by atoms with Crippen molar-refractivity contribution in [1.29, 1.82) is 0 Å². The average Bonchev–Trinajstić information content (AvgIpc) is 2.19. The number of carbonyl (C=O) groups is 2. The molecular formula is C10H8Br2O4. The summed E-state index contributed by atoms with van der Waals surface area (Å²) >= 11 is 6.22. The lowest BCUT2D eigenvalue weighted by Crippen LogP contribution is -2.10. The van der Waals surface area contributed by atoms with Gasteiger partial charge in [0.25, 0.3) is 0 Å². The summed E-state index contributed by atoms with van der Waals surface area (Å²) in [6.07, 6.45) is 0. The van der Waals surface area contributed by atoms with Crippen molar-refractivity contribution in [3.05, 3.63) is 32.8 Å². The van der Waals surface area contributed by atoms with Crippen LogP contribution in [-0.4, -0.2) is 22.2 Å². The first kappa shape index (κ1) is 13.2. The molecule has 0 amide bonds. The molecule has 1 aromatic carbocycles. The summed E-state index contributed by atoms with van der Waals surface area (Å²) in [5.74, 6) is -2.30. The number of hydrogen-bond acceptors (Lipinski definition) is 2. The van der Waals surface area contributed by atoms with Crippen molar-refractivity contribution in [2.24, 2.45) is 0 Å². The van der Waals surface area contributed by atoms with Gasteiger partial charge in [-0.3, -0.25) is 0 Å². The van der Waals surface area contributed by atoms with Gasteiger partial charge in [-0.25, -0.2) is 9.59 Å². The molecule has 0 unspecified atom stereocenters. The number of carboxylic acid groups (broad SMARTS) is 2. The number of halogens is 2. The molecule has 0 spiro atoms. The van der Waals surface area contributed by atoms with Crippen LogP contribution in [-0.2, 0) is 5.33 Å². The maximum atomic E-state index is 11.1. The van der Waals surface area contributed by atoms with E-state index >= 15 is 0 Å². The van der Waals surface area contributed by atoms with Crippen LogP contribution in [0.15, 0.2) is 10.5 Å². The molecule has 0 aliphatic carbocycles. The van der Waals surface area contributed by atoms with Crippen LogP contribution in [0.25, 0.3) is 0 Å². The highest BCUT2D eigenvalue weighted by Gasteiger charge is 2.22. The Morgan fingerprint density at radius 3 is 2.25 bits per heavy atom. The highest BCUT2D eigenvalue weighted by atomic mass is 79.9. The molecule has 0 aliphatic heterocycles. The molecule has 1 aromatic rings. The summed E-state index contributed by atoms with van der Waals surface area (Å²) in [4.78, 5) is 22.0. The highest BCUT2D eigenvalue weighted by Crippen LogP contribution is 2.29. The summed E-state index contributed by atoms with van der Waals surface area (Å²) in [7, 11) is 0. The lowest BCUT2D eigenvalue weighted by Gasteiger charge is -2.11. The van der Waals surface area contributed by atoms with E-state index in [9.17, 15) is 9.59 Å². The van der Waals surface area contributed by atoms with E-state index in [1.54, 1.807) is 6.92 Å². The van der Waals surface area contributed by atoms with Crippen LogP contribution >= 0.6 is 31.9 Å². The monoisotopic (exact) mass is 350 g/mol. The summed E-state index contributed by atoms with van der Waals surface area (Å²) in [5, 5.41) is 18.3. The molecule has 0 saturated heterocycles. The Balaban J connectivity index is 3.65. The number of aryl methyl sites for hydroxylation is 1. The molecule has 0 atom stereocenters. The second kappa shape index (κ2) is 4.97. The van der Waals surface area contributed by atoms with Crippen LogP contribution in [0.1, 0.15) is 31.8 Å². The van der Waals surface area contributed by atoms with E-state index in [2.05, 4.69) is 31.9 Å². The lowest BCUT2D eigenvalue weighted by atomic mass is 9.99. The van der Waals surface area contributed by atoms with E-state index in [4.69, 9.17) is 10.2 Å². The highest BCUT2D eigenvalue weighted by molar-refractivity contribution is 9.10. The van der Waals surface area contributed by atoms with Crippen molar-refractivity contribution in [1.82, 2.24) is 0 Å². The third-order valence-electron chi connectivity index (χ3n) is 2.17. The third-order valence-corrected chi connectivity index (χ3v) is 3.56. The van der Waals surface area contributed by atoms with Gasteiger partial charge in [0, 0.05) is 9.80 Å². The Morgan fingerprint density at radius 1 is 1.31 bits per heavy atom. The quantitative estimate of drug-likeness (QED) is 0.821. The molecule has 0 aromatic heterocycles. The SMILES string of the molecule is Cc1cc(C(=O)O)c(Br)c(C(=O)O)c1CBr. The Hall–Kier alpha value is -0.880. The molecule has 4 nitrogen and oxygen atoms in total. The van der Waals surface area contributed by atoms with E-state index in [1.165, 1.54) is 6.07 Å². The van der Waals surface area contributed by atoms with Crippen LogP contribution in [0.5, 0.6) is 0 Å². The lowest BCUT2D eigenvalue weighted by molar-refractivity contribution is 0.0695. The van der Waals surface area contributed by atoms with Gasteiger partial charge < -0.3 is 10.2 Å². The number of alkyl halides is 1. The molecule has 2 N–H and O–H groups in total. The van der Waals surface area contributed by atoms with Crippen LogP contribution in [0.3, 0.4) is 0 Å². The second-order valence-electron chi connectivity index (χ2n) is 3.15. The molecule has 0 heterocycles. The van der Waals surface area contributed by atoms with E-state index in [1.807, 2.05) is 0 Å². The fraction of sp³-hybridized carbons (Fsp3) is 0.200. The minimum Gasteiger partial charge on any atom is -0.478 e. The van der Waals surface area contributed by atoms with Gasteiger partial charge in [-0.05, 0) is 40.0 Å². The summed E-state index contributed by atoms with van der Waals surface area (Å²) in [5.41, 5.74) is 1.16. The van der Waals surface area contributed by atoms with Gasteiger partial charge in [0.1, 0.15) is 0 Å². The van der Waals surface area contributed by atoms with Crippen LogP contribution in [0, 0.1) is 6.92 Å². The first-order valence-corrected chi connectivity index (χ1v) is 6.16. The zero-order valence-corrected chi connectivity index (χ0v) is 11.4. The number of carboxylic acids is 2. The molecule has 16 heavy (non-hydrogen) atoms. The Bertz CT molecular complexity index is 468. The predicted molar refractivity (Wildman–Crippen MR) is 65.4 cm³/mol. The smallest absolute Gasteiger partial charge is 0.337 e. The van der Waals surface area contributed by atoms with Crippen LogP contribution < -0.4 is 0 Å². The first-order chi connectivity index (χ1) is 7.40. The van der Waals surface area contributed by atoms with E-state index in [0.29, 0.717) is 16.5 Å². The number of aromatic carboxylic acids is 2. The van der Waals surface area contributed by atoms with E-state index in [-0.39, 0.29) is 15.6 Å². The molecule has 6 heteroatoms. The number of rotatable bonds is 3. The molecule has 0 saturated carbocycles. The maximum Gasteiger partial charge on any atom is 0.337 e. The largest absolute Gasteiger partial charge is 0.478 e. The van der Waals surface area contributed by atoms with Crippen molar-refractivity contribution in [2.75, 3.05) is 0 Å². The molecule has 0 radical (unpaired) electrons. The van der Waals surface area contributed by atoms with Gasteiger partial charge in [-0.1, -0.05) is 15.9 Å². The van der Waals surface area contributed by atoms with Gasteiger partial charge in [0.15, 0.2) is 0 Å². The Labute approximate surface area is 109 Å². The fourth-order valence-electron chi connectivity index (χ4n) is 1.38. The predicted octanol–water partition coefficient (Wildman–Crippen LogP) is 3.05. The molecule has 86 valence electrons. The summed E-state index contributed by atoms with van der Waals surface area (Å²) in [6, 6.07) is 1.45. The zero-order chi connectivity index (χ0) is 12.5. The molecule has 0 fully saturated rings. The maximum absolute atomic E-state index is 11.1. The summed E-state index contributed by atoms with van der Waals surface area (Å²) < 4.78 is 0.104. The molecule has 1 rings (SSSR count). The third kappa shape index (κ3) is 2.27. The fourth-order valence-corrected chi connectivity index (χ4v) is 2.80. The molecule has 0 bridgehead atoms. The molecular weight excluding hydrogens is 344 g/mol. The van der Waals surface area contributed by atoms with E-state index in [0.717, 1.165) is 0 Å². The van der Waals surface area contributed by atoms with Crippen LogP contribution in [0.4, 0.5) is 0 Å². The Morgan fingerprint density at radius 2 is 1.88 bits per heavy atom. The van der Waals surface area contributed by atoms with Crippen molar-refractivity contribution in [3.63, 3.8) is 0 Å². The zero-order valence-electron chi connectivity index (χ0n) is 8.25. The van der Waals surface area contributed by atoms with Crippen molar-refractivity contribution in [3.8, 4) is 0 Å². The molecule has 0 aliphatic rings. The van der Waals surface area contributed by atoms with Gasteiger partial charge in [0.2, 0.25) is 0 Å². The van der Waals surface area contributed by atoms with E-state index < -0.39 is 11.9 Å². The Kier molecular flexibility index (Phi) is 4.09.